The fourth-order valence-corrected chi connectivity index (χ4v) is 3.73. The Balaban J connectivity index is 2.27. The number of hydrogen-bond acceptors (Lipinski definition) is 3. The van der Waals surface area contributed by atoms with E-state index in [-0.39, 0.29) is 23.7 Å². The van der Waals surface area contributed by atoms with Crippen molar-refractivity contribution < 1.29 is 27.1 Å². The van der Waals surface area contributed by atoms with E-state index in [0.29, 0.717) is 10.6 Å². The van der Waals surface area contributed by atoms with Crippen molar-refractivity contribution in [1.82, 2.24) is 15.6 Å². The van der Waals surface area contributed by atoms with Crippen LogP contribution in [0.15, 0.2) is 72.9 Å². The zero-order valence-electron chi connectivity index (χ0n) is 18.9. The summed E-state index contributed by atoms with van der Waals surface area (Å²) in [7, 11) is 0. The molecule has 0 saturated carbocycles. The Hall–Kier alpha value is -3.33. The second kappa shape index (κ2) is 10.9. The summed E-state index contributed by atoms with van der Waals surface area (Å²) in [6.45, 7) is 3.50. The average Bonchev–Trinajstić information content (AvgIpc) is 2.79. The lowest BCUT2D eigenvalue weighted by atomic mass is 9.80. The van der Waals surface area contributed by atoms with Gasteiger partial charge in [0.05, 0.1) is 10.7 Å². The maximum atomic E-state index is 14.0. The first-order valence-corrected chi connectivity index (χ1v) is 11.1. The lowest BCUT2D eigenvalue weighted by molar-refractivity contribution is -0.253. The molecule has 1 aromatic heterocycles. The molecule has 0 spiro atoms. The molecule has 3 aromatic rings. The average molecular weight is 510 g/mol. The van der Waals surface area contributed by atoms with Gasteiger partial charge in [0.25, 0.3) is 0 Å². The van der Waals surface area contributed by atoms with E-state index in [2.05, 4.69) is 20.4 Å². The second-order valence-electron chi connectivity index (χ2n) is 8.14. The number of rotatable bonds is 9. The van der Waals surface area contributed by atoms with Gasteiger partial charge < -0.3 is 15.4 Å². The van der Waals surface area contributed by atoms with Crippen molar-refractivity contribution >= 4 is 17.6 Å². The Morgan fingerprint density at radius 1 is 1.03 bits per heavy atom. The minimum absolute atomic E-state index is 0.0120. The molecule has 0 bridgehead atoms. The van der Waals surface area contributed by atoms with Gasteiger partial charge in [-0.05, 0) is 37.6 Å². The lowest BCUT2D eigenvalue weighted by Gasteiger charge is -2.37. The number of benzene rings is 2. The van der Waals surface area contributed by atoms with Gasteiger partial charge in [-0.2, -0.15) is 17.6 Å². The summed E-state index contributed by atoms with van der Waals surface area (Å²) in [4.78, 5) is 17.4. The molecular formula is C25H24ClF4N3O2. The van der Waals surface area contributed by atoms with E-state index in [0.717, 1.165) is 6.07 Å². The van der Waals surface area contributed by atoms with Gasteiger partial charge in [0.2, 0.25) is 0 Å². The normalized spacial score (nSPS) is 13.4. The van der Waals surface area contributed by atoms with Crippen molar-refractivity contribution in [2.75, 3.05) is 0 Å². The zero-order valence-corrected chi connectivity index (χ0v) is 19.7. The first-order valence-electron chi connectivity index (χ1n) is 10.7. The molecular weight excluding hydrogens is 486 g/mol. The number of halogens is 5. The van der Waals surface area contributed by atoms with Gasteiger partial charge in [0.15, 0.2) is 0 Å². The summed E-state index contributed by atoms with van der Waals surface area (Å²) < 4.78 is 58.6. The number of hydrogen-bond donors (Lipinski definition) is 2. The number of nitrogens with zero attached hydrogens (tertiary/aromatic N) is 1. The van der Waals surface area contributed by atoms with E-state index in [1.165, 1.54) is 36.5 Å². The molecule has 0 saturated heterocycles. The number of nitrogens with one attached hydrogen (secondary N) is 2. The van der Waals surface area contributed by atoms with E-state index in [9.17, 15) is 22.4 Å². The third kappa shape index (κ3) is 6.42. The molecule has 2 aromatic carbocycles. The SMILES string of the molecule is CC(C)NC(=O)N[C@](Cc1ccccc1)(c1ccc(Cl)cn1)c1ccccc1OC(F)(F)C(F)F. The largest absolute Gasteiger partial charge is 0.461 e. The maximum Gasteiger partial charge on any atom is 0.461 e. The molecule has 0 radical (unpaired) electrons. The van der Waals surface area contributed by atoms with Crippen LogP contribution in [0.1, 0.15) is 30.7 Å². The number of carbonyl (C=O) groups excluding carboxylic acids is 1. The molecule has 0 fully saturated rings. The molecule has 2 N–H and O–H groups in total. The summed E-state index contributed by atoms with van der Waals surface area (Å²) >= 11 is 6.03. The predicted molar refractivity (Wildman–Crippen MR) is 125 cm³/mol. The number of amides is 2. The van der Waals surface area contributed by atoms with Crippen molar-refractivity contribution in [2.24, 2.45) is 0 Å². The Morgan fingerprint density at radius 3 is 2.29 bits per heavy atom. The highest BCUT2D eigenvalue weighted by Gasteiger charge is 2.47. The number of pyridine rings is 1. The Labute approximate surface area is 205 Å². The van der Waals surface area contributed by atoms with E-state index >= 15 is 0 Å². The van der Waals surface area contributed by atoms with Crippen LogP contribution in [-0.2, 0) is 12.0 Å². The van der Waals surface area contributed by atoms with Crippen molar-refractivity contribution in [1.29, 1.82) is 0 Å². The number of urea groups is 1. The third-order valence-corrected chi connectivity index (χ3v) is 5.29. The van der Waals surface area contributed by atoms with Crippen LogP contribution < -0.4 is 15.4 Å². The third-order valence-electron chi connectivity index (χ3n) is 5.07. The molecule has 1 heterocycles. The maximum absolute atomic E-state index is 14.0. The molecule has 2 amide bonds. The predicted octanol–water partition coefficient (Wildman–Crippen LogP) is 6.17. The summed E-state index contributed by atoms with van der Waals surface area (Å²) in [5, 5.41) is 5.87. The molecule has 35 heavy (non-hydrogen) atoms. The summed E-state index contributed by atoms with van der Waals surface area (Å²) in [5.41, 5.74) is -0.636. The van der Waals surface area contributed by atoms with Crippen LogP contribution in [0.5, 0.6) is 5.75 Å². The molecule has 10 heteroatoms. The molecule has 3 rings (SSSR count). The number of ether oxygens (including phenoxy) is 1. The number of carbonyl (C=O) groups is 1. The van der Waals surface area contributed by atoms with E-state index in [1.54, 1.807) is 44.2 Å². The van der Waals surface area contributed by atoms with Crippen LogP contribution >= 0.6 is 11.6 Å². The minimum atomic E-state index is -4.76. The van der Waals surface area contributed by atoms with Crippen LogP contribution in [0, 0.1) is 0 Å². The highest BCUT2D eigenvalue weighted by molar-refractivity contribution is 6.30. The fourth-order valence-electron chi connectivity index (χ4n) is 3.62. The smallest absolute Gasteiger partial charge is 0.428 e. The van der Waals surface area contributed by atoms with Crippen LogP contribution in [-0.4, -0.2) is 29.6 Å². The molecule has 186 valence electrons. The van der Waals surface area contributed by atoms with Crippen LogP contribution in [0.4, 0.5) is 22.4 Å². The highest BCUT2D eigenvalue weighted by atomic mass is 35.5. The van der Waals surface area contributed by atoms with Crippen molar-refractivity contribution in [3.05, 3.63) is 94.8 Å². The van der Waals surface area contributed by atoms with Crippen LogP contribution in [0.2, 0.25) is 5.02 Å². The van der Waals surface area contributed by atoms with E-state index in [4.69, 9.17) is 11.6 Å². The first-order chi connectivity index (χ1) is 16.5. The molecule has 0 unspecified atom stereocenters. The van der Waals surface area contributed by atoms with Gasteiger partial charge in [0, 0.05) is 24.2 Å². The number of aromatic nitrogens is 1. The number of alkyl halides is 4. The first kappa shape index (κ1) is 26.3. The molecule has 0 aliphatic carbocycles. The van der Waals surface area contributed by atoms with Gasteiger partial charge in [-0.15, -0.1) is 0 Å². The summed E-state index contributed by atoms with van der Waals surface area (Å²) in [6.07, 6.45) is -7.45. The zero-order chi connectivity index (χ0) is 25.6. The fraction of sp³-hybridized carbons (Fsp3) is 0.280. The Kier molecular flexibility index (Phi) is 8.22. The van der Waals surface area contributed by atoms with Gasteiger partial charge in [-0.25, -0.2) is 4.79 Å². The van der Waals surface area contributed by atoms with E-state index in [1.807, 2.05) is 0 Å². The Bertz CT molecular complexity index is 1130. The van der Waals surface area contributed by atoms with Crippen LogP contribution in [0.25, 0.3) is 0 Å². The van der Waals surface area contributed by atoms with Crippen molar-refractivity contribution in [3.8, 4) is 5.75 Å². The van der Waals surface area contributed by atoms with Crippen molar-refractivity contribution in [2.45, 2.75) is 44.4 Å². The monoisotopic (exact) mass is 509 g/mol. The molecule has 0 aliphatic rings. The molecule has 5 nitrogen and oxygen atoms in total. The van der Waals surface area contributed by atoms with Gasteiger partial charge in [0.1, 0.15) is 11.3 Å². The van der Waals surface area contributed by atoms with Gasteiger partial charge in [-0.1, -0.05) is 60.1 Å². The summed E-state index contributed by atoms with van der Waals surface area (Å²) in [5.74, 6) is -0.532. The summed E-state index contributed by atoms with van der Waals surface area (Å²) in [6, 6.07) is 16.6. The minimum Gasteiger partial charge on any atom is -0.428 e. The van der Waals surface area contributed by atoms with Gasteiger partial charge >= 0.3 is 18.6 Å². The highest BCUT2D eigenvalue weighted by Crippen LogP contribution is 2.40. The molecule has 1 atom stereocenters. The topological polar surface area (TPSA) is 63.2 Å². The van der Waals surface area contributed by atoms with E-state index < -0.39 is 29.9 Å². The number of para-hydroxylation sites is 1. The quantitative estimate of drug-likeness (QED) is 0.339. The van der Waals surface area contributed by atoms with Gasteiger partial charge in [-0.3, -0.25) is 4.98 Å². The van der Waals surface area contributed by atoms with Crippen molar-refractivity contribution in [3.63, 3.8) is 0 Å². The Morgan fingerprint density at radius 2 is 1.69 bits per heavy atom. The standard InChI is InChI=1S/C25H24ClF4N3O2/c1-16(2)32-23(34)33-24(14-17-8-4-3-5-9-17,21-13-12-18(26)15-31-21)19-10-6-7-11-20(19)35-25(29,30)22(27)28/h3-13,15-16,22H,14H2,1-2H3,(H2,32,33,34)/t24-/m0/s1. The molecule has 0 aliphatic heterocycles. The van der Waals surface area contributed by atoms with Crippen LogP contribution in [0.3, 0.4) is 0 Å². The second-order valence-corrected chi connectivity index (χ2v) is 8.58. The lowest BCUT2D eigenvalue weighted by Crippen LogP contribution is -2.54.